The molecule has 2 aromatic rings. The first-order valence-corrected chi connectivity index (χ1v) is 7.75. The fourth-order valence-electron chi connectivity index (χ4n) is 2.77. The Morgan fingerprint density at radius 3 is 2.73 bits per heavy atom. The molecule has 0 saturated carbocycles. The lowest BCUT2D eigenvalue weighted by molar-refractivity contribution is -0.146. The molecule has 22 heavy (non-hydrogen) atoms. The quantitative estimate of drug-likeness (QED) is 0.620. The van der Waals surface area contributed by atoms with Gasteiger partial charge in [-0.2, -0.15) is 0 Å². The normalized spacial score (nSPS) is 19.5. The van der Waals surface area contributed by atoms with Crippen molar-refractivity contribution in [2.45, 2.75) is 12.0 Å². The van der Waals surface area contributed by atoms with E-state index in [1.807, 2.05) is 30.3 Å². The second-order valence-electron chi connectivity index (χ2n) is 5.08. The van der Waals surface area contributed by atoms with Gasteiger partial charge in [0.15, 0.2) is 5.54 Å². The molecular formula is C16H12BrClFNO2. The molecule has 114 valence electrons. The summed E-state index contributed by atoms with van der Waals surface area (Å²) in [6.45, 7) is 0. The predicted octanol–water partition coefficient (Wildman–Crippen LogP) is 4.28. The molecule has 0 unspecified atom stereocenters. The molecule has 3 rings (SSSR count). The first-order chi connectivity index (χ1) is 10.5. The molecule has 1 aliphatic heterocycles. The molecule has 0 bridgehead atoms. The topological polar surface area (TPSA) is 38.3 Å². The molecule has 3 nitrogen and oxygen atoms in total. The van der Waals surface area contributed by atoms with Gasteiger partial charge in [-0.25, -0.2) is 9.18 Å². The van der Waals surface area contributed by atoms with Gasteiger partial charge in [-0.1, -0.05) is 41.9 Å². The molecule has 0 saturated heterocycles. The molecule has 1 N–H and O–H groups in total. The predicted molar refractivity (Wildman–Crippen MR) is 86.6 cm³/mol. The van der Waals surface area contributed by atoms with Crippen LogP contribution in [-0.2, 0) is 21.5 Å². The maximum atomic E-state index is 13.9. The third-order valence-corrected chi connectivity index (χ3v) is 5.33. The Balaban J connectivity index is 2.17. The number of rotatable bonds is 2. The van der Waals surface area contributed by atoms with Crippen LogP contribution >= 0.6 is 27.5 Å². The van der Waals surface area contributed by atoms with E-state index in [1.165, 1.54) is 13.2 Å². The van der Waals surface area contributed by atoms with E-state index in [2.05, 4.69) is 21.2 Å². The maximum absolute atomic E-state index is 13.9. The molecule has 1 atom stereocenters. The van der Waals surface area contributed by atoms with Crippen molar-refractivity contribution in [3.8, 4) is 0 Å². The van der Waals surface area contributed by atoms with Crippen LogP contribution in [0.5, 0.6) is 0 Å². The maximum Gasteiger partial charge on any atom is 0.336 e. The molecule has 1 heterocycles. The van der Waals surface area contributed by atoms with Gasteiger partial charge in [0.25, 0.3) is 0 Å². The van der Waals surface area contributed by atoms with Gasteiger partial charge in [0, 0.05) is 16.6 Å². The number of carbonyl (C=O) groups is 1. The fraction of sp³-hybridized carbons (Fsp3) is 0.188. The summed E-state index contributed by atoms with van der Waals surface area (Å²) in [5, 5.41) is 3.13. The number of hydrogen-bond donors (Lipinski definition) is 1. The number of methoxy groups -OCH3 is 1. The van der Waals surface area contributed by atoms with E-state index in [1.54, 1.807) is 0 Å². The highest BCUT2D eigenvalue weighted by Crippen LogP contribution is 2.46. The van der Waals surface area contributed by atoms with Gasteiger partial charge in [0.05, 0.1) is 12.1 Å². The van der Waals surface area contributed by atoms with E-state index in [0.717, 1.165) is 11.1 Å². The summed E-state index contributed by atoms with van der Waals surface area (Å²) >= 11 is 9.26. The number of carbonyl (C=O) groups excluding carboxylic acids is 1. The lowest BCUT2D eigenvalue weighted by atomic mass is 9.87. The van der Waals surface area contributed by atoms with Gasteiger partial charge >= 0.3 is 5.97 Å². The number of nitrogens with one attached hydrogen (secondary N) is 1. The zero-order valence-electron chi connectivity index (χ0n) is 11.6. The molecule has 0 amide bonds. The monoisotopic (exact) mass is 383 g/mol. The van der Waals surface area contributed by atoms with Crippen LogP contribution in [0.2, 0.25) is 5.02 Å². The van der Waals surface area contributed by atoms with Crippen molar-refractivity contribution in [3.05, 3.63) is 62.8 Å². The number of esters is 1. The third-order valence-electron chi connectivity index (χ3n) is 3.85. The smallest absolute Gasteiger partial charge is 0.336 e. The first kappa shape index (κ1) is 15.3. The van der Waals surface area contributed by atoms with Crippen molar-refractivity contribution in [2.75, 3.05) is 12.4 Å². The Morgan fingerprint density at radius 2 is 2.09 bits per heavy atom. The first-order valence-electron chi connectivity index (χ1n) is 6.58. The molecular weight excluding hydrogens is 373 g/mol. The summed E-state index contributed by atoms with van der Waals surface area (Å²) in [5.74, 6) is -0.980. The van der Waals surface area contributed by atoms with E-state index in [9.17, 15) is 9.18 Å². The summed E-state index contributed by atoms with van der Waals surface area (Å²) in [6, 6.07) is 10.5. The van der Waals surface area contributed by atoms with E-state index in [0.29, 0.717) is 16.6 Å². The van der Waals surface area contributed by atoms with Crippen molar-refractivity contribution in [3.63, 3.8) is 0 Å². The lowest BCUT2D eigenvalue weighted by Crippen LogP contribution is -2.42. The summed E-state index contributed by atoms with van der Waals surface area (Å²) in [5.41, 5.74) is 0.947. The second-order valence-corrected chi connectivity index (χ2v) is 6.25. The molecule has 0 spiro atoms. The van der Waals surface area contributed by atoms with Crippen molar-refractivity contribution in [1.29, 1.82) is 0 Å². The summed E-state index contributed by atoms with van der Waals surface area (Å²) in [4.78, 5) is 12.5. The van der Waals surface area contributed by atoms with E-state index >= 15 is 0 Å². The Hall–Kier alpha value is -1.59. The van der Waals surface area contributed by atoms with Crippen LogP contribution < -0.4 is 5.32 Å². The van der Waals surface area contributed by atoms with Crippen LogP contribution in [0.15, 0.2) is 40.9 Å². The summed E-state index contributed by atoms with van der Waals surface area (Å²) in [7, 11) is 1.33. The SMILES string of the molecule is COC(=O)[C@]1(c2ccccc2)Cc2c(cc(F)c(Cl)c2Br)N1. The Labute approximate surface area is 140 Å². The number of hydrogen-bond acceptors (Lipinski definition) is 3. The molecule has 2 aromatic carbocycles. The molecule has 1 aliphatic rings. The number of halogens is 3. The second kappa shape index (κ2) is 5.56. The van der Waals surface area contributed by atoms with E-state index in [4.69, 9.17) is 16.3 Å². The zero-order chi connectivity index (χ0) is 15.9. The standard InChI is InChI=1S/C16H12BrClFNO2/c1-22-15(21)16(9-5-3-2-4-6-9)8-10-12(20-16)7-11(19)14(18)13(10)17/h2-7,20H,8H2,1H3/t16-/m1/s1. The third kappa shape index (κ3) is 2.20. The van der Waals surface area contributed by atoms with Crippen molar-refractivity contribution < 1.29 is 13.9 Å². The fourth-order valence-corrected chi connectivity index (χ4v) is 3.48. The van der Waals surface area contributed by atoms with Crippen molar-refractivity contribution in [1.82, 2.24) is 0 Å². The van der Waals surface area contributed by atoms with Crippen LogP contribution in [0, 0.1) is 5.82 Å². The van der Waals surface area contributed by atoms with Crippen LogP contribution in [0.25, 0.3) is 0 Å². The van der Waals surface area contributed by atoms with Crippen molar-refractivity contribution >= 4 is 39.2 Å². The largest absolute Gasteiger partial charge is 0.467 e. The lowest BCUT2D eigenvalue weighted by Gasteiger charge is -2.27. The van der Waals surface area contributed by atoms with Gasteiger partial charge in [0.1, 0.15) is 5.82 Å². The van der Waals surface area contributed by atoms with Crippen LogP contribution in [0.1, 0.15) is 11.1 Å². The molecule has 0 fully saturated rings. The van der Waals surface area contributed by atoms with E-state index < -0.39 is 17.3 Å². The minimum Gasteiger partial charge on any atom is -0.467 e. The number of ether oxygens (including phenoxy) is 1. The minimum atomic E-state index is -1.09. The Bertz CT molecular complexity index is 754. The van der Waals surface area contributed by atoms with Crippen LogP contribution in [-0.4, -0.2) is 13.1 Å². The van der Waals surface area contributed by atoms with Crippen LogP contribution in [0.4, 0.5) is 10.1 Å². The minimum absolute atomic E-state index is 0.00859. The Morgan fingerprint density at radius 1 is 1.41 bits per heavy atom. The Kier molecular flexibility index (Phi) is 3.87. The number of anilines is 1. The van der Waals surface area contributed by atoms with Gasteiger partial charge in [-0.3, -0.25) is 0 Å². The van der Waals surface area contributed by atoms with Gasteiger partial charge in [-0.05, 0) is 33.1 Å². The van der Waals surface area contributed by atoms with Crippen molar-refractivity contribution in [2.24, 2.45) is 0 Å². The molecule has 0 aliphatic carbocycles. The molecule has 6 heteroatoms. The highest BCUT2D eigenvalue weighted by atomic mass is 79.9. The van der Waals surface area contributed by atoms with Crippen LogP contribution in [0.3, 0.4) is 0 Å². The molecule has 0 aromatic heterocycles. The van der Waals surface area contributed by atoms with Gasteiger partial charge in [0.2, 0.25) is 0 Å². The zero-order valence-corrected chi connectivity index (χ0v) is 14.0. The molecule has 0 radical (unpaired) electrons. The number of fused-ring (bicyclic) bond motifs is 1. The summed E-state index contributed by atoms with van der Waals surface area (Å²) < 4.78 is 19.3. The highest BCUT2D eigenvalue weighted by molar-refractivity contribution is 9.10. The van der Waals surface area contributed by atoms with E-state index in [-0.39, 0.29) is 5.02 Å². The van der Waals surface area contributed by atoms with Gasteiger partial charge < -0.3 is 10.1 Å². The highest BCUT2D eigenvalue weighted by Gasteiger charge is 2.47. The number of benzene rings is 2. The summed E-state index contributed by atoms with van der Waals surface area (Å²) in [6.07, 6.45) is 0.319. The average Bonchev–Trinajstić information content (AvgIpc) is 2.93. The van der Waals surface area contributed by atoms with Gasteiger partial charge in [-0.15, -0.1) is 0 Å². The average molecular weight is 385 g/mol.